The van der Waals surface area contributed by atoms with Gasteiger partial charge in [0.05, 0.1) is 97.4 Å². The maximum absolute atomic E-state index is 12.2. The number of hydrogen-bond acceptors (Lipinski definition) is 14. The molecule has 0 spiro atoms. The molecule has 3 aliphatic rings. The van der Waals surface area contributed by atoms with Gasteiger partial charge in [0.15, 0.2) is 0 Å². The Bertz CT molecular complexity index is 1990. The molecule has 0 aromatic heterocycles. The van der Waals surface area contributed by atoms with Gasteiger partial charge in [-0.3, -0.25) is 9.35 Å². The molecule has 2 N–H and O–H groups in total. The SMILES string of the molecule is COCCOCCOCCOCCN(CCOCCOCCOCCOC)C1=CCC2=C(C(C)(C)C)C=C(/C=C/C=C3/N(CCCCCC(=O)O)c4ccc(S(=O)(=O)O)cc4C3(C)C)OC2=C1. The highest BCUT2D eigenvalue weighted by atomic mass is 32.2. The van der Waals surface area contributed by atoms with Gasteiger partial charge in [0.25, 0.3) is 10.1 Å². The summed E-state index contributed by atoms with van der Waals surface area (Å²) in [4.78, 5) is 15.4. The molecule has 17 heteroatoms. The van der Waals surface area contributed by atoms with E-state index in [0.717, 1.165) is 46.8 Å². The highest BCUT2D eigenvalue weighted by molar-refractivity contribution is 7.85. The smallest absolute Gasteiger partial charge is 0.303 e. The summed E-state index contributed by atoms with van der Waals surface area (Å²) in [5.41, 5.74) is 5.07. The minimum absolute atomic E-state index is 0.106. The van der Waals surface area contributed by atoms with Gasteiger partial charge in [0.1, 0.15) is 11.5 Å². The molecule has 67 heavy (non-hydrogen) atoms. The van der Waals surface area contributed by atoms with E-state index in [1.165, 1.54) is 11.6 Å². The number of benzene rings is 1. The van der Waals surface area contributed by atoms with Crippen LogP contribution < -0.4 is 4.90 Å². The van der Waals surface area contributed by atoms with Crippen molar-refractivity contribution in [1.29, 1.82) is 0 Å². The number of carboxylic acids is 1. The molecule has 376 valence electrons. The van der Waals surface area contributed by atoms with Gasteiger partial charge in [-0.25, -0.2) is 0 Å². The summed E-state index contributed by atoms with van der Waals surface area (Å²) in [5, 5.41) is 9.15. The quantitative estimate of drug-likeness (QED) is 0.0521. The second-order valence-corrected chi connectivity index (χ2v) is 19.2. The first-order chi connectivity index (χ1) is 32.1. The van der Waals surface area contributed by atoms with Crippen molar-refractivity contribution in [1.82, 2.24) is 4.90 Å². The number of unbranched alkanes of at least 4 members (excludes halogenated alkanes) is 2. The Balaban J connectivity index is 1.49. The van der Waals surface area contributed by atoms with Crippen LogP contribution in [0.4, 0.5) is 5.69 Å². The molecule has 4 rings (SSSR count). The van der Waals surface area contributed by atoms with Crippen molar-refractivity contribution in [3.8, 4) is 0 Å². The molecule has 1 aromatic rings. The second kappa shape index (κ2) is 28.6. The zero-order valence-electron chi connectivity index (χ0n) is 40.8. The molecule has 2 heterocycles. The van der Waals surface area contributed by atoms with Crippen LogP contribution in [0.3, 0.4) is 0 Å². The summed E-state index contributed by atoms with van der Waals surface area (Å²) >= 11 is 0. The van der Waals surface area contributed by atoms with Crippen LogP contribution in [0.25, 0.3) is 0 Å². The fraction of sp³-hybridized carbons (Fsp3) is 0.620. The molecular formula is C50H76N2O14S. The summed E-state index contributed by atoms with van der Waals surface area (Å²) in [5.74, 6) is 0.631. The van der Waals surface area contributed by atoms with Crippen molar-refractivity contribution in [2.75, 3.05) is 131 Å². The number of carboxylic acid groups (broad SMARTS) is 1. The van der Waals surface area contributed by atoms with Crippen LogP contribution >= 0.6 is 0 Å². The van der Waals surface area contributed by atoms with Gasteiger partial charge in [-0.2, -0.15) is 8.42 Å². The van der Waals surface area contributed by atoms with Crippen LogP contribution in [0.5, 0.6) is 0 Å². The van der Waals surface area contributed by atoms with E-state index in [0.29, 0.717) is 131 Å². The van der Waals surface area contributed by atoms with Crippen LogP contribution in [0, 0.1) is 5.41 Å². The number of aliphatic carboxylic acids is 1. The number of carbonyl (C=O) groups is 1. The number of hydrogen-bond donors (Lipinski definition) is 2. The summed E-state index contributed by atoms with van der Waals surface area (Å²) in [6.07, 6.45) is 15.2. The van der Waals surface area contributed by atoms with E-state index in [2.05, 4.69) is 48.8 Å². The van der Waals surface area contributed by atoms with E-state index < -0.39 is 21.5 Å². The van der Waals surface area contributed by atoms with Gasteiger partial charge in [0, 0.05) is 74.4 Å². The number of fused-ring (bicyclic) bond motifs is 2. The first-order valence-electron chi connectivity index (χ1n) is 23.3. The van der Waals surface area contributed by atoms with Gasteiger partial charge in [0.2, 0.25) is 0 Å². The third kappa shape index (κ3) is 18.5. The van der Waals surface area contributed by atoms with Crippen molar-refractivity contribution in [3.05, 3.63) is 94.3 Å². The molecule has 1 aromatic carbocycles. The Hall–Kier alpha value is -3.88. The molecule has 16 nitrogen and oxygen atoms in total. The first-order valence-corrected chi connectivity index (χ1v) is 24.8. The number of nitrogens with zero attached hydrogens (tertiary/aromatic N) is 2. The Morgan fingerprint density at radius 2 is 1.36 bits per heavy atom. The Morgan fingerprint density at radius 3 is 1.88 bits per heavy atom. The summed E-state index contributed by atoms with van der Waals surface area (Å²) in [6, 6.07) is 4.69. The van der Waals surface area contributed by atoms with Crippen molar-refractivity contribution in [2.24, 2.45) is 5.41 Å². The molecule has 0 amide bonds. The molecule has 0 saturated heterocycles. The van der Waals surface area contributed by atoms with Gasteiger partial charge < -0.3 is 57.5 Å². The highest BCUT2D eigenvalue weighted by Crippen LogP contribution is 2.49. The van der Waals surface area contributed by atoms with E-state index in [-0.39, 0.29) is 16.7 Å². The summed E-state index contributed by atoms with van der Waals surface area (Å²) in [6.45, 7) is 19.4. The highest BCUT2D eigenvalue weighted by Gasteiger charge is 2.40. The van der Waals surface area contributed by atoms with Crippen LogP contribution in [0.15, 0.2) is 93.6 Å². The summed E-state index contributed by atoms with van der Waals surface area (Å²) < 4.78 is 85.2. The monoisotopic (exact) mass is 961 g/mol. The molecule has 0 atom stereocenters. The number of anilines is 1. The minimum Gasteiger partial charge on any atom is -0.481 e. The van der Waals surface area contributed by atoms with Crippen molar-refractivity contribution >= 4 is 21.8 Å². The Kier molecular flexibility index (Phi) is 23.8. The van der Waals surface area contributed by atoms with Crippen molar-refractivity contribution < 1.29 is 65.5 Å². The molecule has 0 radical (unpaired) electrons. The van der Waals surface area contributed by atoms with Crippen molar-refractivity contribution in [3.63, 3.8) is 0 Å². The zero-order chi connectivity index (χ0) is 48.7. The van der Waals surface area contributed by atoms with Crippen LogP contribution in [0.2, 0.25) is 0 Å². The van der Waals surface area contributed by atoms with E-state index in [1.54, 1.807) is 26.4 Å². The zero-order valence-corrected chi connectivity index (χ0v) is 41.7. The second-order valence-electron chi connectivity index (χ2n) is 17.8. The van der Waals surface area contributed by atoms with E-state index >= 15 is 0 Å². The normalized spacial score (nSPS) is 16.6. The average Bonchev–Trinajstić information content (AvgIpc) is 3.49. The lowest BCUT2D eigenvalue weighted by Gasteiger charge is -2.34. The molecule has 0 bridgehead atoms. The predicted molar refractivity (Wildman–Crippen MR) is 257 cm³/mol. The lowest BCUT2D eigenvalue weighted by atomic mass is 9.79. The average molecular weight is 961 g/mol. The van der Waals surface area contributed by atoms with Gasteiger partial charge in [-0.05, 0) is 72.2 Å². The van der Waals surface area contributed by atoms with E-state index in [9.17, 15) is 17.8 Å². The van der Waals surface area contributed by atoms with Crippen LogP contribution in [-0.4, -0.2) is 155 Å². The molecule has 1 aliphatic carbocycles. The third-order valence-electron chi connectivity index (χ3n) is 11.4. The third-order valence-corrected chi connectivity index (χ3v) is 12.3. The number of allylic oxidation sites excluding steroid dienone is 9. The topological polar surface area (TPSA) is 181 Å². The molecule has 0 saturated carbocycles. The maximum atomic E-state index is 12.2. The van der Waals surface area contributed by atoms with Gasteiger partial charge in [-0.15, -0.1) is 0 Å². The molecule has 2 aliphatic heterocycles. The maximum Gasteiger partial charge on any atom is 0.303 e. The Morgan fingerprint density at radius 1 is 0.806 bits per heavy atom. The fourth-order valence-corrected chi connectivity index (χ4v) is 8.39. The molecule has 0 fully saturated rings. The predicted octanol–water partition coefficient (Wildman–Crippen LogP) is 7.24. The van der Waals surface area contributed by atoms with E-state index in [4.69, 9.17) is 47.7 Å². The lowest BCUT2D eigenvalue weighted by Crippen LogP contribution is -2.32. The minimum atomic E-state index is -4.42. The first kappa shape index (κ1) is 55.7. The van der Waals surface area contributed by atoms with Crippen molar-refractivity contribution in [2.45, 2.75) is 77.0 Å². The number of rotatable bonds is 34. The summed E-state index contributed by atoms with van der Waals surface area (Å²) in [7, 11) is -1.14. The van der Waals surface area contributed by atoms with Crippen LogP contribution in [0.1, 0.15) is 72.3 Å². The van der Waals surface area contributed by atoms with Gasteiger partial charge in [-0.1, -0.05) is 53.2 Å². The number of methoxy groups -OCH3 is 2. The largest absolute Gasteiger partial charge is 0.481 e. The lowest BCUT2D eigenvalue weighted by molar-refractivity contribution is -0.137. The molecule has 0 unspecified atom stereocenters. The van der Waals surface area contributed by atoms with Gasteiger partial charge >= 0.3 is 5.97 Å². The standard InChI is InChI=1S/C50H76N2O14S/c1-49(2,3)43-37-40(12-11-13-47-50(4,5)44-38-41(67(55,56)57)16-18-45(44)52(47)19-10-8-9-14-48(53)54)66-46-36-39(15-17-42(43)46)51(20-22-60-28-30-64-34-32-62-26-24-58-6)21-23-61-29-31-65-35-33-63-27-25-59-7/h11-13,15-16,18,36-38H,8-10,14,17,19-35H2,1-7H3,(H,53,54)(H,55,56,57)/b12-11+,47-13+. The molecular weight excluding hydrogens is 885 g/mol. The Labute approximate surface area is 398 Å². The van der Waals surface area contributed by atoms with Crippen LogP contribution in [-0.2, 0) is 63.0 Å². The number of ether oxygens (including phenoxy) is 9. The van der Waals surface area contributed by atoms with E-state index in [1.807, 2.05) is 32.1 Å². The fourth-order valence-electron chi connectivity index (χ4n) is 7.88.